The zero-order valence-electron chi connectivity index (χ0n) is 28.5. The van der Waals surface area contributed by atoms with E-state index in [1.54, 1.807) is 11.8 Å². The Labute approximate surface area is 301 Å². The smallest absolute Gasteiger partial charge is 0.509 e. The van der Waals surface area contributed by atoms with E-state index >= 15 is 0 Å². The molecule has 48 heavy (non-hydrogen) atoms. The second-order valence-corrected chi connectivity index (χ2v) is 13.5. The number of hydrogen-bond acceptors (Lipinski definition) is 4. The second-order valence-electron chi connectivity index (χ2n) is 12.6. The van der Waals surface area contributed by atoms with Crippen molar-refractivity contribution in [2.75, 3.05) is 6.26 Å². The Balaban J connectivity index is 0.00000401. The van der Waals surface area contributed by atoms with E-state index in [1.165, 1.54) is 27.1 Å². The average Bonchev–Trinajstić information content (AvgIpc) is 3.53. The Bertz CT molecular complexity index is 2290. The van der Waals surface area contributed by atoms with Gasteiger partial charge < -0.3 is 9.30 Å². The largest absolute Gasteiger partial charge is 2.00 e. The monoisotopic (exact) mass is 740 g/mol. The first kappa shape index (κ1) is 33.7. The van der Waals surface area contributed by atoms with Gasteiger partial charge in [0.25, 0.3) is 0 Å². The summed E-state index contributed by atoms with van der Waals surface area (Å²) < 4.78 is 10.8. The Morgan fingerprint density at radius 2 is 1.54 bits per heavy atom. The maximum absolute atomic E-state index is 6.59. The molecule has 0 amide bonds. The molecule has 0 unspecified atom stereocenters. The standard InChI is InChI=1S/C41H38N4OS.Pd/c1-24(2)30-20-31(45-29(7)41(28(6)43-45)40-26(4)18-34(47-8)19-27(40)5)22-33(21-30)46-32-13-14-36-35-11-9-10-12-37(35)44(38(36)23-32)39-17-25(3)15-16-42-39;/h9-21,24H,1-8H3;/q-2;+2. The topological polar surface area (TPSA) is 44.9 Å². The fraction of sp³-hybridized carbons (Fsp3) is 0.220. The van der Waals surface area contributed by atoms with Gasteiger partial charge in [-0.15, -0.1) is 53.0 Å². The van der Waals surface area contributed by atoms with Crippen LogP contribution >= 0.6 is 11.8 Å². The molecule has 7 aromatic rings. The van der Waals surface area contributed by atoms with E-state index in [1.807, 2.05) is 23.0 Å². The van der Waals surface area contributed by atoms with Crippen molar-refractivity contribution in [3.05, 3.63) is 125 Å². The molecular formula is C41H38N4OPdS. The van der Waals surface area contributed by atoms with E-state index in [9.17, 15) is 0 Å². The molecule has 3 heterocycles. The van der Waals surface area contributed by atoms with Crippen molar-refractivity contribution in [3.63, 3.8) is 0 Å². The third-order valence-electron chi connectivity index (χ3n) is 8.94. The van der Waals surface area contributed by atoms with Crippen LogP contribution in [-0.2, 0) is 20.4 Å². The van der Waals surface area contributed by atoms with Crippen molar-refractivity contribution in [2.45, 2.75) is 59.3 Å². The fourth-order valence-electron chi connectivity index (χ4n) is 6.66. The van der Waals surface area contributed by atoms with Crippen LogP contribution in [0.2, 0.25) is 0 Å². The SMILES string of the molecule is CSc1cc(C)c(-c2c(C)nn(-c3[c-]c(Oc4[c-]c5c(cc4)c4ccccc4n5-c4cc(C)ccn4)cc(C(C)C)c3)c2C)c(C)c1.[Pd+2]. The van der Waals surface area contributed by atoms with Gasteiger partial charge in [-0.25, -0.2) is 4.98 Å². The van der Waals surface area contributed by atoms with Gasteiger partial charge in [0.05, 0.1) is 5.69 Å². The number of aromatic nitrogens is 4. The number of ether oxygens (including phenoxy) is 1. The van der Waals surface area contributed by atoms with Crippen LogP contribution in [0.15, 0.2) is 83.9 Å². The van der Waals surface area contributed by atoms with Gasteiger partial charge in [-0.2, -0.15) is 11.2 Å². The summed E-state index contributed by atoms with van der Waals surface area (Å²) in [6.45, 7) is 15.1. The normalized spacial score (nSPS) is 11.4. The summed E-state index contributed by atoms with van der Waals surface area (Å²) >= 11 is 1.77. The summed E-state index contributed by atoms with van der Waals surface area (Å²) in [5.74, 6) is 2.39. The number of pyridine rings is 1. The van der Waals surface area contributed by atoms with Crippen molar-refractivity contribution in [1.82, 2.24) is 19.3 Å². The van der Waals surface area contributed by atoms with Gasteiger partial charge in [-0.3, -0.25) is 4.68 Å². The number of fused-ring (bicyclic) bond motifs is 3. The van der Waals surface area contributed by atoms with Gasteiger partial charge in [0, 0.05) is 39.4 Å². The number of rotatable bonds is 7. The molecule has 244 valence electrons. The Morgan fingerprint density at radius 3 is 2.25 bits per heavy atom. The maximum atomic E-state index is 6.59. The van der Waals surface area contributed by atoms with Gasteiger partial charge in [0.2, 0.25) is 0 Å². The molecule has 4 aromatic carbocycles. The first-order valence-corrected chi connectivity index (χ1v) is 17.2. The van der Waals surface area contributed by atoms with E-state index in [-0.39, 0.29) is 26.3 Å². The van der Waals surface area contributed by atoms with Gasteiger partial charge in [-0.05, 0) is 110 Å². The Morgan fingerprint density at radius 1 is 0.792 bits per heavy atom. The van der Waals surface area contributed by atoms with Crippen LogP contribution < -0.4 is 4.74 Å². The number of hydrogen-bond donors (Lipinski definition) is 0. The first-order chi connectivity index (χ1) is 22.6. The zero-order valence-corrected chi connectivity index (χ0v) is 30.9. The van der Waals surface area contributed by atoms with Crippen molar-refractivity contribution in [3.8, 4) is 34.1 Å². The minimum atomic E-state index is 0. The van der Waals surface area contributed by atoms with Crippen LogP contribution in [0.1, 0.15) is 53.4 Å². The summed E-state index contributed by atoms with van der Waals surface area (Å²) in [4.78, 5) is 5.99. The first-order valence-electron chi connectivity index (χ1n) is 16.0. The molecule has 0 fully saturated rings. The molecular weight excluding hydrogens is 703 g/mol. The summed E-state index contributed by atoms with van der Waals surface area (Å²) in [5, 5.41) is 7.31. The summed E-state index contributed by atoms with van der Waals surface area (Å²) in [5.41, 5.74) is 12.2. The van der Waals surface area contributed by atoms with Crippen LogP contribution in [0.5, 0.6) is 11.5 Å². The van der Waals surface area contributed by atoms with Crippen molar-refractivity contribution in [1.29, 1.82) is 0 Å². The number of para-hydroxylation sites is 1. The molecule has 0 aliphatic heterocycles. The van der Waals surface area contributed by atoms with Crippen LogP contribution in [0, 0.1) is 46.8 Å². The van der Waals surface area contributed by atoms with Gasteiger partial charge in [-0.1, -0.05) is 37.6 Å². The number of aryl methyl sites for hydroxylation is 4. The van der Waals surface area contributed by atoms with E-state index in [2.05, 4.69) is 132 Å². The molecule has 7 heteroatoms. The molecule has 7 rings (SSSR count). The molecule has 0 N–H and O–H groups in total. The summed E-state index contributed by atoms with van der Waals surface area (Å²) in [6, 6.07) is 32.5. The van der Waals surface area contributed by atoms with Crippen LogP contribution in [0.25, 0.3) is 44.4 Å². The summed E-state index contributed by atoms with van der Waals surface area (Å²) in [6.07, 6.45) is 3.97. The number of benzene rings is 4. The minimum absolute atomic E-state index is 0. The molecule has 0 radical (unpaired) electrons. The number of thioether (sulfide) groups is 1. The van der Waals surface area contributed by atoms with Gasteiger partial charge in [0.15, 0.2) is 0 Å². The third kappa shape index (κ3) is 6.00. The van der Waals surface area contributed by atoms with Gasteiger partial charge in [0.1, 0.15) is 5.82 Å². The minimum Gasteiger partial charge on any atom is -0.509 e. The Hall–Kier alpha value is -4.15. The van der Waals surface area contributed by atoms with Gasteiger partial charge >= 0.3 is 20.4 Å². The summed E-state index contributed by atoms with van der Waals surface area (Å²) in [7, 11) is 0. The molecule has 0 aliphatic carbocycles. The molecule has 0 saturated heterocycles. The van der Waals surface area contributed by atoms with Crippen molar-refractivity contribution < 1.29 is 25.2 Å². The van der Waals surface area contributed by atoms with E-state index < -0.39 is 0 Å². The van der Waals surface area contributed by atoms with Crippen LogP contribution in [0.3, 0.4) is 0 Å². The third-order valence-corrected chi connectivity index (χ3v) is 9.64. The quantitative estimate of drug-likeness (QED) is 0.0927. The van der Waals surface area contributed by atoms with E-state index in [0.29, 0.717) is 11.5 Å². The Kier molecular flexibility index (Phi) is 9.42. The van der Waals surface area contributed by atoms with Crippen LogP contribution in [0.4, 0.5) is 0 Å². The molecule has 0 aliphatic rings. The predicted octanol–water partition coefficient (Wildman–Crippen LogP) is 10.8. The fourth-order valence-corrected chi connectivity index (χ4v) is 7.25. The van der Waals surface area contributed by atoms with Crippen LogP contribution in [-0.4, -0.2) is 25.6 Å². The molecule has 0 spiro atoms. The predicted molar refractivity (Wildman–Crippen MR) is 195 cm³/mol. The van der Waals surface area contributed by atoms with E-state index in [4.69, 9.17) is 14.8 Å². The molecule has 3 aromatic heterocycles. The molecule has 0 saturated carbocycles. The maximum Gasteiger partial charge on any atom is 2.00 e. The molecule has 5 nitrogen and oxygen atoms in total. The molecule has 0 bridgehead atoms. The van der Waals surface area contributed by atoms with E-state index in [0.717, 1.165) is 55.8 Å². The second kappa shape index (κ2) is 13.4. The molecule has 0 atom stereocenters. The average molecular weight is 741 g/mol. The number of nitrogens with zero attached hydrogens (tertiary/aromatic N) is 4. The zero-order chi connectivity index (χ0) is 33.0. The van der Waals surface area contributed by atoms with Crippen molar-refractivity contribution in [2.24, 2.45) is 0 Å². The van der Waals surface area contributed by atoms with Crippen molar-refractivity contribution >= 4 is 33.6 Å².